The standard InChI is InChI=1S/C23H23N3O4S/c1-13-11-15(12-24-25-21(28)16-7-3-5-9-18(16)27)14(2)26(13)22-20(23(29)30)17-8-4-6-10-19(17)31-22/h3,5,7,9,11-12,27H,4,6,8,10H2,1-2H3,(H,25,28)(H,29,30). The highest BCUT2D eigenvalue weighted by atomic mass is 32.1. The van der Waals surface area contributed by atoms with Gasteiger partial charge in [-0.15, -0.1) is 11.3 Å². The van der Waals surface area contributed by atoms with Gasteiger partial charge in [0.25, 0.3) is 5.91 Å². The third-order valence-electron chi connectivity index (χ3n) is 5.56. The number of hydrazone groups is 1. The lowest BCUT2D eigenvalue weighted by molar-refractivity contribution is 0.0695. The number of amides is 1. The van der Waals surface area contributed by atoms with Gasteiger partial charge in [-0.3, -0.25) is 4.79 Å². The molecule has 0 saturated heterocycles. The molecule has 31 heavy (non-hydrogen) atoms. The summed E-state index contributed by atoms with van der Waals surface area (Å²) in [6.45, 7) is 3.83. The van der Waals surface area contributed by atoms with Crippen molar-refractivity contribution in [1.82, 2.24) is 9.99 Å². The molecule has 0 bridgehead atoms. The summed E-state index contributed by atoms with van der Waals surface area (Å²) in [5.41, 5.74) is 6.45. The molecule has 1 amide bonds. The van der Waals surface area contributed by atoms with Gasteiger partial charge in [-0.2, -0.15) is 5.10 Å². The zero-order valence-electron chi connectivity index (χ0n) is 17.3. The summed E-state index contributed by atoms with van der Waals surface area (Å²) in [6, 6.07) is 8.16. The van der Waals surface area contributed by atoms with E-state index in [4.69, 9.17) is 0 Å². The molecule has 4 rings (SSSR count). The number of hydrogen-bond donors (Lipinski definition) is 3. The molecule has 2 heterocycles. The number of nitrogens with one attached hydrogen (secondary N) is 1. The number of hydrogen-bond acceptors (Lipinski definition) is 5. The number of carboxylic acids is 1. The van der Waals surface area contributed by atoms with Crippen LogP contribution in [0.2, 0.25) is 0 Å². The lowest BCUT2D eigenvalue weighted by Gasteiger charge is -2.11. The second-order valence-electron chi connectivity index (χ2n) is 7.57. The third kappa shape index (κ3) is 3.86. The first kappa shape index (κ1) is 20.9. The van der Waals surface area contributed by atoms with Crippen LogP contribution in [0.5, 0.6) is 5.75 Å². The summed E-state index contributed by atoms with van der Waals surface area (Å²) >= 11 is 1.55. The Morgan fingerprint density at radius 2 is 1.94 bits per heavy atom. The van der Waals surface area contributed by atoms with Gasteiger partial charge in [0.15, 0.2) is 0 Å². The number of aromatic hydroxyl groups is 1. The van der Waals surface area contributed by atoms with E-state index in [0.717, 1.165) is 58.1 Å². The van der Waals surface area contributed by atoms with Crippen LogP contribution in [0.15, 0.2) is 35.4 Å². The van der Waals surface area contributed by atoms with Gasteiger partial charge in [0.2, 0.25) is 0 Å². The second-order valence-corrected chi connectivity index (χ2v) is 8.66. The van der Waals surface area contributed by atoms with Gasteiger partial charge >= 0.3 is 5.97 Å². The molecule has 3 aromatic rings. The molecule has 0 aliphatic heterocycles. The number of carbonyl (C=O) groups excluding carboxylic acids is 1. The Bertz CT molecular complexity index is 1210. The van der Waals surface area contributed by atoms with Crippen molar-refractivity contribution in [3.8, 4) is 10.8 Å². The van der Waals surface area contributed by atoms with Crippen molar-refractivity contribution < 1.29 is 19.8 Å². The first-order chi connectivity index (χ1) is 14.9. The van der Waals surface area contributed by atoms with Crippen LogP contribution in [0.1, 0.15) is 60.9 Å². The molecule has 0 saturated carbocycles. The molecule has 0 fully saturated rings. The largest absolute Gasteiger partial charge is 0.507 e. The molecule has 8 heteroatoms. The van der Waals surface area contributed by atoms with E-state index in [9.17, 15) is 19.8 Å². The molecule has 2 aromatic heterocycles. The highest BCUT2D eigenvalue weighted by Crippen LogP contribution is 2.38. The number of nitrogens with zero attached hydrogens (tertiary/aromatic N) is 2. The van der Waals surface area contributed by atoms with Gasteiger partial charge in [0.05, 0.1) is 17.3 Å². The zero-order chi connectivity index (χ0) is 22.1. The monoisotopic (exact) mass is 437 g/mol. The molecular formula is C23H23N3O4S. The van der Waals surface area contributed by atoms with Crippen molar-refractivity contribution >= 4 is 29.4 Å². The third-order valence-corrected chi connectivity index (χ3v) is 6.84. The molecule has 1 aliphatic carbocycles. The highest BCUT2D eigenvalue weighted by Gasteiger charge is 2.27. The van der Waals surface area contributed by atoms with Crippen molar-refractivity contribution in [3.05, 3.63) is 68.9 Å². The number of rotatable bonds is 5. The molecule has 160 valence electrons. The number of phenols is 1. The van der Waals surface area contributed by atoms with Crippen LogP contribution in [0.3, 0.4) is 0 Å². The minimum atomic E-state index is -0.896. The van der Waals surface area contributed by atoms with Crippen LogP contribution in [0.25, 0.3) is 5.00 Å². The fourth-order valence-corrected chi connectivity index (χ4v) is 5.54. The smallest absolute Gasteiger partial charge is 0.339 e. The van der Waals surface area contributed by atoms with E-state index >= 15 is 0 Å². The van der Waals surface area contributed by atoms with Crippen LogP contribution in [0, 0.1) is 13.8 Å². The average molecular weight is 438 g/mol. The summed E-state index contributed by atoms with van der Waals surface area (Å²) in [6.07, 6.45) is 5.36. The predicted molar refractivity (Wildman–Crippen MR) is 120 cm³/mol. The first-order valence-corrected chi connectivity index (χ1v) is 10.9. The topological polar surface area (TPSA) is 104 Å². The minimum absolute atomic E-state index is 0.115. The lowest BCUT2D eigenvalue weighted by Crippen LogP contribution is -2.17. The number of aromatic carboxylic acids is 1. The Hall–Kier alpha value is -3.39. The molecule has 0 unspecified atom stereocenters. The number of carbonyl (C=O) groups is 2. The predicted octanol–water partition coefficient (Wildman–Crippen LogP) is 4.20. The van der Waals surface area contributed by atoms with E-state index in [0.29, 0.717) is 5.56 Å². The summed E-state index contributed by atoms with van der Waals surface area (Å²) in [4.78, 5) is 25.4. The Morgan fingerprint density at radius 3 is 2.68 bits per heavy atom. The number of aromatic nitrogens is 1. The molecule has 0 radical (unpaired) electrons. The Kier molecular flexibility index (Phi) is 5.65. The number of para-hydroxylation sites is 1. The van der Waals surface area contributed by atoms with Crippen LogP contribution in [-0.4, -0.2) is 32.9 Å². The van der Waals surface area contributed by atoms with E-state index in [-0.39, 0.29) is 11.3 Å². The van der Waals surface area contributed by atoms with Gasteiger partial charge < -0.3 is 14.8 Å². The Labute approximate surface area is 183 Å². The minimum Gasteiger partial charge on any atom is -0.507 e. The highest BCUT2D eigenvalue weighted by molar-refractivity contribution is 7.15. The van der Waals surface area contributed by atoms with Crippen molar-refractivity contribution in [3.63, 3.8) is 0 Å². The number of thiophene rings is 1. The van der Waals surface area contributed by atoms with Crippen LogP contribution in [0.4, 0.5) is 0 Å². The average Bonchev–Trinajstić information content (AvgIpc) is 3.24. The quantitative estimate of drug-likeness (QED) is 0.411. The number of carboxylic acid groups (broad SMARTS) is 1. The van der Waals surface area contributed by atoms with E-state index in [1.54, 1.807) is 23.5 Å². The van der Waals surface area contributed by atoms with Crippen molar-refractivity contribution in [2.75, 3.05) is 0 Å². The van der Waals surface area contributed by atoms with E-state index in [1.807, 2.05) is 24.5 Å². The Balaban J connectivity index is 1.64. The van der Waals surface area contributed by atoms with E-state index < -0.39 is 11.9 Å². The molecule has 0 spiro atoms. The molecule has 3 N–H and O–H groups in total. The van der Waals surface area contributed by atoms with Crippen LogP contribution >= 0.6 is 11.3 Å². The van der Waals surface area contributed by atoms with Gasteiger partial charge in [0, 0.05) is 21.8 Å². The lowest BCUT2D eigenvalue weighted by atomic mass is 9.95. The summed E-state index contributed by atoms with van der Waals surface area (Å²) in [5, 5.41) is 24.4. The first-order valence-electron chi connectivity index (χ1n) is 10.1. The van der Waals surface area contributed by atoms with Crippen molar-refractivity contribution in [1.29, 1.82) is 0 Å². The number of benzene rings is 1. The summed E-state index contributed by atoms with van der Waals surface area (Å²) in [5.74, 6) is -1.52. The van der Waals surface area contributed by atoms with Crippen LogP contribution < -0.4 is 5.43 Å². The van der Waals surface area contributed by atoms with Gasteiger partial charge in [-0.05, 0) is 63.3 Å². The summed E-state index contributed by atoms with van der Waals surface area (Å²) < 4.78 is 1.96. The number of fused-ring (bicyclic) bond motifs is 1. The number of phenolic OH excluding ortho intramolecular Hbond substituents is 1. The fraction of sp³-hybridized carbons (Fsp3) is 0.261. The maximum absolute atomic E-state index is 12.2. The van der Waals surface area contributed by atoms with E-state index in [1.165, 1.54) is 18.3 Å². The molecular weight excluding hydrogens is 414 g/mol. The van der Waals surface area contributed by atoms with Crippen molar-refractivity contribution in [2.24, 2.45) is 5.10 Å². The molecule has 7 nitrogen and oxygen atoms in total. The van der Waals surface area contributed by atoms with E-state index in [2.05, 4.69) is 10.5 Å². The SMILES string of the molecule is Cc1cc(C=NNC(=O)c2ccccc2O)c(C)n1-c1sc2c(c1C(=O)O)CCCC2. The zero-order valence-corrected chi connectivity index (χ0v) is 18.1. The molecule has 0 atom stereocenters. The van der Waals surface area contributed by atoms with Gasteiger partial charge in [-0.1, -0.05) is 12.1 Å². The maximum atomic E-state index is 12.2. The second kappa shape index (κ2) is 8.39. The molecule has 1 aliphatic rings. The summed E-state index contributed by atoms with van der Waals surface area (Å²) in [7, 11) is 0. The fourth-order valence-electron chi connectivity index (χ4n) is 4.05. The number of aryl methyl sites for hydroxylation is 2. The Morgan fingerprint density at radius 1 is 1.19 bits per heavy atom. The maximum Gasteiger partial charge on any atom is 0.339 e. The van der Waals surface area contributed by atoms with Crippen LogP contribution in [-0.2, 0) is 12.8 Å². The van der Waals surface area contributed by atoms with Crippen molar-refractivity contribution in [2.45, 2.75) is 39.5 Å². The normalized spacial score (nSPS) is 13.4. The van der Waals surface area contributed by atoms with Gasteiger partial charge in [0.1, 0.15) is 10.8 Å². The van der Waals surface area contributed by atoms with Gasteiger partial charge in [-0.25, -0.2) is 10.2 Å². The molecule has 1 aromatic carbocycles.